The van der Waals surface area contributed by atoms with E-state index in [2.05, 4.69) is 21.0 Å². The Labute approximate surface area is 288 Å². The van der Waals surface area contributed by atoms with Crippen LogP contribution in [-0.2, 0) is 33.4 Å². The number of carboxylic acid groups (broad SMARTS) is 1. The van der Waals surface area contributed by atoms with E-state index in [4.69, 9.17) is 19.3 Å². The Morgan fingerprint density at radius 3 is 2.55 bits per heavy atom. The Hall–Kier alpha value is -2.45. The van der Waals surface area contributed by atoms with Gasteiger partial charge in [0.15, 0.2) is 0 Å². The predicted molar refractivity (Wildman–Crippen MR) is 168 cm³/mol. The molecule has 1 saturated carbocycles. The van der Waals surface area contributed by atoms with Crippen LogP contribution in [0.5, 0.6) is 0 Å². The molecule has 2 aliphatic heterocycles. The van der Waals surface area contributed by atoms with E-state index in [0.29, 0.717) is 49.8 Å². The molecular formula is C35H51IN2O9. The average Bonchev–Trinajstić information content (AvgIpc) is 3.65. The number of quaternary nitrogens is 1. The van der Waals surface area contributed by atoms with Crippen LogP contribution < -0.4 is 26.1 Å². The van der Waals surface area contributed by atoms with Crippen molar-refractivity contribution >= 4 is 23.7 Å². The van der Waals surface area contributed by atoms with Crippen LogP contribution in [0.2, 0.25) is 0 Å². The van der Waals surface area contributed by atoms with Crippen LogP contribution in [0.15, 0.2) is 34.3 Å². The Kier molecular flexibility index (Phi) is 10.8. The van der Waals surface area contributed by atoms with Crippen molar-refractivity contribution < 1.29 is 69.7 Å². The number of hydrogen-bond acceptors (Lipinski definition) is 9. The summed E-state index contributed by atoms with van der Waals surface area (Å²) in [6, 6.07) is 0. The Morgan fingerprint density at radius 1 is 1.15 bits per heavy atom. The number of carbonyl (C=O) groups excluding carboxylic acids is 3. The maximum absolute atomic E-state index is 14.3. The molecule has 0 amide bonds. The zero-order valence-electron chi connectivity index (χ0n) is 28.4. The molecule has 5 aliphatic rings. The number of unbranched alkanes of at least 4 members (excludes halogenated alkanes) is 3. The molecule has 12 heteroatoms. The number of alkyl halides is 2. The molecular weight excluding hydrogens is 719 g/mol. The molecule has 262 valence electrons. The number of nitrogens with zero attached hydrogens (tertiary/aromatic N) is 1. The fourth-order valence-electron chi connectivity index (χ4n) is 8.43. The van der Waals surface area contributed by atoms with Crippen molar-refractivity contribution in [3.8, 4) is 0 Å². The number of ether oxygens (including phenoxy) is 3. The number of methoxy groups -OCH3 is 1. The first kappa shape index (κ1) is 35.8. The zero-order valence-corrected chi connectivity index (χ0v) is 30.6. The average molecular weight is 771 g/mol. The van der Waals surface area contributed by atoms with Crippen molar-refractivity contribution in [3.63, 3.8) is 0 Å². The Morgan fingerprint density at radius 2 is 1.87 bits per heavy atom. The molecule has 3 N–H and O–H groups in total. The maximum atomic E-state index is 14.3. The summed E-state index contributed by atoms with van der Waals surface area (Å²) >= 11 is -0.456. The van der Waals surface area contributed by atoms with Crippen LogP contribution in [-0.4, -0.2) is 101 Å². The third kappa shape index (κ3) is 6.62. The van der Waals surface area contributed by atoms with Crippen LogP contribution in [0, 0.1) is 16.7 Å². The second kappa shape index (κ2) is 14.2. The summed E-state index contributed by atoms with van der Waals surface area (Å²) in [6.45, 7) is 3.98. The number of aliphatic hydroxyl groups excluding tert-OH is 1. The standard InChI is InChI=1S/C35H50IN2O9/c1-33-15-13-24-27(23(33)14-16-36-32(33)46-26(41)12-9-7-6-8-11-25(39)40)29(42)30(43)28-22(19-38(4)18-10-17-37(2)3)31(44)47-34(21-45-5)20-35(24,28)34/h19,23,32,43H,6-18,20-21H2,1-5H3,(H,39,40)/q-1/p+1/b22-19+/t23?,32-,33+,34?,35-/m1/s1. The second-order valence-corrected chi connectivity index (χ2v) is 17.6. The van der Waals surface area contributed by atoms with Crippen LogP contribution in [0.3, 0.4) is 0 Å². The van der Waals surface area contributed by atoms with Crippen molar-refractivity contribution in [2.24, 2.45) is 16.7 Å². The van der Waals surface area contributed by atoms with Gasteiger partial charge in [-0.25, -0.2) is 0 Å². The summed E-state index contributed by atoms with van der Waals surface area (Å²) in [5.41, 5.74) is -0.00519. The molecule has 0 aromatic rings. The Balaban J connectivity index is 1.40. The van der Waals surface area contributed by atoms with E-state index in [9.17, 15) is 24.3 Å². The van der Waals surface area contributed by atoms with Gasteiger partial charge < -0.3 is 4.90 Å². The fraction of sp³-hybridized carbons (Fsp3) is 0.714. The zero-order chi connectivity index (χ0) is 34.1. The summed E-state index contributed by atoms with van der Waals surface area (Å²) in [5.74, 6) is -2.55. The third-order valence-corrected chi connectivity index (χ3v) is 14.6. The van der Waals surface area contributed by atoms with Crippen LogP contribution >= 0.6 is 0 Å². The molecule has 1 spiro atoms. The van der Waals surface area contributed by atoms with Crippen molar-refractivity contribution in [2.45, 2.75) is 87.3 Å². The quantitative estimate of drug-likeness (QED) is 0.0660. The predicted octanol–water partition coefficient (Wildman–Crippen LogP) is -0.436. The minimum absolute atomic E-state index is 0.141. The van der Waals surface area contributed by atoms with E-state index < -0.39 is 55.4 Å². The van der Waals surface area contributed by atoms with Gasteiger partial charge in [0.2, 0.25) is 0 Å². The SMILES string of the molecule is COCC12C[C@]13C1=C(C(=O)C(O)=C3/C(=C\N(C)CCC[NH+](C)C)C(=O)O2)C2CC[I-][C@H](OC(=O)CCCCCCC(=O)O)[C@@]2(C)CC1. The summed E-state index contributed by atoms with van der Waals surface area (Å²) in [4.78, 5) is 54.8. The summed E-state index contributed by atoms with van der Waals surface area (Å²) in [7, 11) is 7.66. The number of halogens is 1. The molecule has 2 unspecified atom stereocenters. The van der Waals surface area contributed by atoms with Gasteiger partial charge in [-0.15, -0.1) is 0 Å². The molecule has 2 saturated heterocycles. The molecule has 5 atom stereocenters. The number of rotatable bonds is 15. The summed E-state index contributed by atoms with van der Waals surface area (Å²) in [5, 5.41) is 20.6. The van der Waals surface area contributed by atoms with E-state index >= 15 is 0 Å². The van der Waals surface area contributed by atoms with E-state index in [0.717, 1.165) is 48.6 Å². The molecule has 2 heterocycles. The van der Waals surface area contributed by atoms with Gasteiger partial charge in [-0.2, -0.15) is 0 Å². The number of fused-ring (bicyclic) bond motifs is 2. The first-order chi connectivity index (χ1) is 22.3. The molecule has 0 radical (unpaired) electrons. The number of carbonyl (C=O) groups is 4. The Bertz CT molecular complexity index is 1390. The third-order valence-electron chi connectivity index (χ3n) is 10.8. The fourth-order valence-corrected chi connectivity index (χ4v) is 12.2. The normalized spacial score (nSPS) is 32.2. The number of nitrogens with one attached hydrogen (secondary N) is 1. The molecule has 11 nitrogen and oxygen atoms in total. The van der Waals surface area contributed by atoms with E-state index in [1.54, 1.807) is 13.3 Å². The van der Waals surface area contributed by atoms with Crippen molar-refractivity contribution in [1.29, 1.82) is 0 Å². The van der Waals surface area contributed by atoms with Gasteiger partial charge in [-0.1, -0.05) is 0 Å². The molecule has 0 bridgehead atoms. The van der Waals surface area contributed by atoms with Crippen molar-refractivity contribution in [1.82, 2.24) is 4.90 Å². The molecule has 0 aromatic carbocycles. The number of ketones is 1. The first-order valence-electron chi connectivity index (χ1n) is 17.0. The van der Waals surface area contributed by atoms with Crippen LogP contribution in [0.4, 0.5) is 0 Å². The number of aliphatic carboxylic acids is 1. The minimum atomic E-state index is -0.973. The molecule has 0 aromatic heterocycles. The number of Topliss-reactive ketones (excluding diaryl/α,β-unsaturated/α-hetero) is 1. The molecule has 3 fully saturated rings. The van der Waals surface area contributed by atoms with E-state index in [1.165, 1.54) is 4.90 Å². The number of allylic oxidation sites excluding steroid dienone is 1. The molecule has 5 rings (SSSR count). The summed E-state index contributed by atoms with van der Waals surface area (Å²) < 4.78 is 18.6. The van der Waals surface area contributed by atoms with Gasteiger partial charge in [-0.3, -0.25) is 0 Å². The van der Waals surface area contributed by atoms with E-state index in [-0.39, 0.29) is 40.4 Å². The number of carboxylic acids is 1. The van der Waals surface area contributed by atoms with Gasteiger partial charge in [0.05, 0.1) is 20.6 Å². The van der Waals surface area contributed by atoms with Crippen molar-refractivity contribution in [2.75, 3.05) is 52.4 Å². The van der Waals surface area contributed by atoms with Crippen LogP contribution in [0.25, 0.3) is 0 Å². The topological polar surface area (TPSA) is 144 Å². The second-order valence-electron chi connectivity index (χ2n) is 14.5. The number of aliphatic hydroxyl groups is 1. The monoisotopic (exact) mass is 770 g/mol. The van der Waals surface area contributed by atoms with Gasteiger partial charge in [0.1, 0.15) is 0 Å². The molecule has 3 aliphatic carbocycles. The van der Waals surface area contributed by atoms with E-state index in [1.807, 2.05) is 11.9 Å². The number of esters is 2. The van der Waals surface area contributed by atoms with Gasteiger partial charge in [0.25, 0.3) is 0 Å². The van der Waals surface area contributed by atoms with Gasteiger partial charge in [0, 0.05) is 0 Å². The number of hydrogen-bond donors (Lipinski definition) is 3. The van der Waals surface area contributed by atoms with Gasteiger partial charge >= 0.3 is 263 Å². The first-order valence-corrected chi connectivity index (χ1v) is 19.7. The molecule has 47 heavy (non-hydrogen) atoms. The van der Waals surface area contributed by atoms with Crippen molar-refractivity contribution in [3.05, 3.63) is 34.3 Å². The van der Waals surface area contributed by atoms with Crippen LogP contribution in [0.1, 0.15) is 77.6 Å². The summed E-state index contributed by atoms with van der Waals surface area (Å²) in [6.07, 6.45) is 8.44. The van der Waals surface area contributed by atoms with Gasteiger partial charge in [-0.05, 0) is 0 Å².